The average molecular weight is 372 g/mol. The molecule has 0 unspecified atom stereocenters. The number of nitrogens with zero attached hydrogens (tertiary/aromatic N) is 4. The number of halogens is 3. The first-order valence-electron chi connectivity index (χ1n) is 6.57. The van der Waals surface area contributed by atoms with Crippen LogP contribution < -0.4 is 9.80 Å². The summed E-state index contributed by atoms with van der Waals surface area (Å²) in [4.78, 5) is 12.3. The van der Waals surface area contributed by atoms with Crippen LogP contribution in [0.5, 0.6) is 0 Å². The lowest BCUT2D eigenvalue weighted by molar-refractivity contribution is 0.595. The largest absolute Gasteiger partial charge is 0.366 e. The predicted molar refractivity (Wildman–Crippen MR) is 85.6 cm³/mol. The lowest BCUT2D eigenvalue weighted by Gasteiger charge is -2.37. The summed E-state index contributed by atoms with van der Waals surface area (Å²) < 4.78 is 14.6. The molecule has 21 heavy (non-hydrogen) atoms. The van der Waals surface area contributed by atoms with E-state index in [9.17, 15) is 4.39 Å². The molecule has 0 radical (unpaired) electrons. The second kappa shape index (κ2) is 6.15. The van der Waals surface area contributed by atoms with Gasteiger partial charge in [0.25, 0.3) is 0 Å². The number of anilines is 2. The quantitative estimate of drug-likeness (QED) is 0.758. The molecule has 0 bridgehead atoms. The molecule has 7 heteroatoms. The molecule has 0 amide bonds. The second-order valence-corrected chi connectivity index (χ2v) is 5.93. The first-order valence-corrected chi connectivity index (χ1v) is 7.75. The summed E-state index contributed by atoms with van der Waals surface area (Å²) in [7, 11) is 0. The molecule has 0 atom stereocenters. The van der Waals surface area contributed by atoms with Gasteiger partial charge in [0.2, 0.25) is 5.28 Å². The summed E-state index contributed by atoms with van der Waals surface area (Å²) >= 11 is 9.29. The fourth-order valence-electron chi connectivity index (χ4n) is 2.43. The van der Waals surface area contributed by atoms with Crippen LogP contribution in [0.3, 0.4) is 0 Å². The summed E-state index contributed by atoms with van der Waals surface area (Å²) in [6.07, 6.45) is 1.65. The zero-order valence-electron chi connectivity index (χ0n) is 11.1. The molecule has 2 aromatic rings. The zero-order chi connectivity index (χ0) is 14.8. The van der Waals surface area contributed by atoms with Crippen LogP contribution in [-0.2, 0) is 0 Å². The smallest absolute Gasteiger partial charge is 0.224 e. The lowest BCUT2D eigenvalue weighted by Crippen LogP contribution is -2.47. The van der Waals surface area contributed by atoms with Gasteiger partial charge >= 0.3 is 0 Å². The Morgan fingerprint density at radius 1 is 1.10 bits per heavy atom. The Hall–Kier alpha value is -1.40. The van der Waals surface area contributed by atoms with Gasteiger partial charge in [0.15, 0.2) is 0 Å². The van der Waals surface area contributed by atoms with Crippen LogP contribution in [0.15, 0.2) is 34.9 Å². The van der Waals surface area contributed by atoms with Gasteiger partial charge in [-0.05, 0) is 39.7 Å². The molecular weight excluding hydrogens is 359 g/mol. The van der Waals surface area contributed by atoms with Gasteiger partial charge in [0.05, 0.1) is 10.2 Å². The van der Waals surface area contributed by atoms with Crippen molar-refractivity contribution in [1.29, 1.82) is 0 Å². The minimum absolute atomic E-state index is 0.183. The third-order valence-corrected chi connectivity index (χ3v) is 4.21. The Bertz CT molecular complexity index is 647. The molecular formula is C14H13BrClFN4. The van der Waals surface area contributed by atoms with E-state index in [1.165, 1.54) is 6.07 Å². The van der Waals surface area contributed by atoms with Gasteiger partial charge in [0.1, 0.15) is 11.6 Å². The molecule has 0 spiro atoms. The van der Waals surface area contributed by atoms with Crippen LogP contribution >= 0.6 is 27.5 Å². The van der Waals surface area contributed by atoms with Crippen LogP contribution in [0.1, 0.15) is 0 Å². The van der Waals surface area contributed by atoms with E-state index in [0.29, 0.717) is 5.69 Å². The van der Waals surface area contributed by atoms with E-state index in [1.54, 1.807) is 12.3 Å². The maximum absolute atomic E-state index is 13.8. The van der Waals surface area contributed by atoms with Crippen LogP contribution in [0.4, 0.5) is 15.9 Å². The van der Waals surface area contributed by atoms with Gasteiger partial charge in [-0.1, -0.05) is 12.1 Å². The molecule has 4 nitrogen and oxygen atoms in total. The summed E-state index contributed by atoms with van der Waals surface area (Å²) in [5.41, 5.74) is 0.650. The molecule has 1 saturated heterocycles. The number of benzene rings is 1. The fraction of sp³-hybridized carbons (Fsp3) is 0.286. The monoisotopic (exact) mass is 370 g/mol. The van der Waals surface area contributed by atoms with E-state index >= 15 is 0 Å². The van der Waals surface area contributed by atoms with Crippen molar-refractivity contribution in [2.24, 2.45) is 0 Å². The molecule has 1 fully saturated rings. The number of aromatic nitrogens is 2. The Balaban J connectivity index is 1.73. The van der Waals surface area contributed by atoms with E-state index < -0.39 is 0 Å². The first kappa shape index (κ1) is 14.5. The van der Waals surface area contributed by atoms with Crippen LogP contribution in [-0.4, -0.2) is 36.1 Å². The number of rotatable bonds is 2. The Labute approximate surface area is 135 Å². The molecule has 0 saturated carbocycles. The maximum Gasteiger partial charge on any atom is 0.224 e. The van der Waals surface area contributed by atoms with Crippen molar-refractivity contribution in [3.8, 4) is 0 Å². The molecule has 1 aromatic carbocycles. The normalized spacial score (nSPS) is 15.4. The van der Waals surface area contributed by atoms with E-state index in [2.05, 4.69) is 30.8 Å². The van der Waals surface area contributed by atoms with E-state index in [1.807, 2.05) is 17.0 Å². The van der Waals surface area contributed by atoms with Crippen molar-refractivity contribution in [3.63, 3.8) is 0 Å². The van der Waals surface area contributed by atoms with Crippen molar-refractivity contribution < 1.29 is 4.39 Å². The lowest BCUT2D eigenvalue weighted by atomic mass is 10.2. The zero-order valence-corrected chi connectivity index (χ0v) is 13.5. The van der Waals surface area contributed by atoms with E-state index in [0.717, 1.165) is 36.5 Å². The Morgan fingerprint density at radius 3 is 2.48 bits per heavy atom. The van der Waals surface area contributed by atoms with Crippen LogP contribution in [0, 0.1) is 5.82 Å². The third kappa shape index (κ3) is 3.11. The number of hydrogen-bond acceptors (Lipinski definition) is 4. The molecule has 3 rings (SSSR count). The van der Waals surface area contributed by atoms with E-state index in [-0.39, 0.29) is 11.1 Å². The molecule has 2 heterocycles. The first-order chi connectivity index (χ1) is 10.1. The average Bonchev–Trinajstić information content (AvgIpc) is 2.50. The highest BCUT2D eigenvalue weighted by atomic mass is 79.9. The van der Waals surface area contributed by atoms with Crippen molar-refractivity contribution in [2.75, 3.05) is 36.0 Å². The number of para-hydroxylation sites is 1. The maximum atomic E-state index is 13.8. The van der Waals surface area contributed by atoms with Gasteiger partial charge < -0.3 is 9.80 Å². The van der Waals surface area contributed by atoms with Crippen LogP contribution in [0.2, 0.25) is 5.28 Å². The van der Waals surface area contributed by atoms with Gasteiger partial charge in [-0.3, -0.25) is 0 Å². The van der Waals surface area contributed by atoms with E-state index in [4.69, 9.17) is 11.6 Å². The van der Waals surface area contributed by atoms with Crippen molar-refractivity contribution >= 4 is 39.0 Å². The van der Waals surface area contributed by atoms with Gasteiger partial charge in [-0.2, -0.15) is 4.98 Å². The topological polar surface area (TPSA) is 32.3 Å². The molecule has 1 aliphatic rings. The molecule has 0 N–H and O–H groups in total. The van der Waals surface area contributed by atoms with Crippen molar-refractivity contribution in [3.05, 3.63) is 46.0 Å². The number of hydrogen-bond donors (Lipinski definition) is 0. The van der Waals surface area contributed by atoms with Gasteiger partial charge in [-0.25, -0.2) is 9.37 Å². The molecule has 110 valence electrons. The SMILES string of the molecule is Fc1ccccc1N1CCN(c2nc(Cl)ncc2Br)CC1. The minimum atomic E-state index is -0.183. The van der Waals surface area contributed by atoms with Crippen molar-refractivity contribution in [2.45, 2.75) is 0 Å². The third-order valence-electron chi connectivity index (χ3n) is 3.47. The Kier molecular flexibility index (Phi) is 4.26. The van der Waals surface area contributed by atoms with Crippen molar-refractivity contribution in [1.82, 2.24) is 9.97 Å². The fourth-order valence-corrected chi connectivity index (χ4v) is 3.00. The highest BCUT2D eigenvalue weighted by molar-refractivity contribution is 9.10. The molecule has 1 aromatic heterocycles. The predicted octanol–water partition coefficient (Wildman–Crippen LogP) is 3.36. The second-order valence-electron chi connectivity index (χ2n) is 4.74. The standard InChI is InChI=1S/C14H13BrClFN4/c15-10-9-18-14(16)19-13(10)21-7-5-20(6-8-21)12-4-2-1-3-11(12)17/h1-4,9H,5-8H2. The van der Waals surface area contributed by atoms with Gasteiger partial charge in [0, 0.05) is 32.4 Å². The Morgan fingerprint density at radius 2 is 1.76 bits per heavy atom. The van der Waals surface area contributed by atoms with Crippen LogP contribution in [0.25, 0.3) is 0 Å². The summed E-state index contributed by atoms with van der Waals surface area (Å²) in [5, 5.41) is 0.227. The summed E-state index contributed by atoms with van der Waals surface area (Å²) in [5.74, 6) is 0.598. The summed E-state index contributed by atoms with van der Waals surface area (Å²) in [6, 6.07) is 6.85. The highest BCUT2D eigenvalue weighted by Crippen LogP contribution is 2.27. The highest BCUT2D eigenvalue weighted by Gasteiger charge is 2.21. The molecule has 1 aliphatic heterocycles. The minimum Gasteiger partial charge on any atom is -0.366 e. The molecule has 0 aliphatic carbocycles. The number of piperazine rings is 1. The van der Waals surface area contributed by atoms with Gasteiger partial charge in [-0.15, -0.1) is 0 Å². The summed E-state index contributed by atoms with van der Waals surface area (Å²) in [6.45, 7) is 2.96.